The van der Waals surface area contributed by atoms with Crippen LogP contribution in [0.1, 0.15) is 17.9 Å². The fourth-order valence-corrected chi connectivity index (χ4v) is 2.88. The Morgan fingerprint density at radius 3 is 2.40 bits per heavy atom. The van der Waals surface area contributed by atoms with Gasteiger partial charge in [-0.2, -0.15) is 0 Å². The highest BCUT2D eigenvalue weighted by atomic mass is 79.9. The van der Waals surface area contributed by atoms with E-state index in [4.69, 9.17) is 0 Å². The van der Waals surface area contributed by atoms with Crippen molar-refractivity contribution in [1.82, 2.24) is 0 Å². The number of hydrogen-bond acceptors (Lipinski definition) is 2. The van der Waals surface area contributed by atoms with Crippen molar-refractivity contribution in [3.63, 3.8) is 0 Å². The van der Waals surface area contributed by atoms with Gasteiger partial charge >= 0.3 is 0 Å². The van der Waals surface area contributed by atoms with Gasteiger partial charge in [0, 0.05) is 19.2 Å². The second-order valence-electron chi connectivity index (χ2n) is 1.94. The van der Waals surface area contributed by atoms with E-state index in [1.165, 1.54) is 0 Å². The van der Waals surface area contributed by atoms with Crippen LogP contribution in [0.15, 0.2) is 14.3 Å². The average Bonchev–Trinajstić information content (AvgIpc) is 2.14. The van der Waals surface area contributed by atoms with Crippen LogP contribution in [-0.4, -0.2) is 5.11 Å². The van der Waals surface area contributed by atoms with Gasteiger partial charge in [0.1, 0.15) is 0 Å². The third-order valence-electron chi connectivity index (χ3n) is 1.09. The molecule has 1 aromatic heterocycles. The molecule has 1 rings (SSSR count). The summed E-state index contributed by atoms with van der Waals surface area (Å²) in [5.74, 6) is 0. The first-order chi connectivity index (χ1) is 4.63. The molecule has 0 saturated carbocycles. The first-order valence-electron chi connectivity index (χ1n) is 2.73. The van der Waals surface area contributed by atoms with Crippen LogP contribution in [0.25, 0.3) is 0 Å². The van der Waals surface area contributed by atoms with Gasteiger partial charge in [0.15, 0.2) is 0 Å². The highest BCUT2D eigenvalue weighted by molar-refractivity contribution is 9.13. The fourth-order valence-electron chi connectivity index (χ4n) is 0.618. The number of thiophene rings is 1. The van der Waals surface area contributed by atoms with E-state index >= 15 is 0 Å². The van der Waals surface area contributed by atoms with Gasteiger partial charge in [0.2, 0.25) is 0 Å². The first kappa shape index (κ1) is 8.71. The van der Waals surface area contributed by atoms with Crippen LogP contribution in [0, 0.1) is 0 Å². The first-order valence-corrected chi connectivity index (χ1v) is 5.20. The molecule has 1 N–H and O–H groups in total. The fraction of sp³-hybridized carbons (Fsp3) is 0.333. The maximum Gasteiger partial charge on any atom is 0.0865 e. The van der Waals surface area contributed by atoms with E-state index in [1.54, 1.807) is 18.3 Å². The lowest BCUT2D eigenvalue weighted by Gasteiger charge is -1.99. The molecule has 4 heteroatoms. The SMILES string of the molecule is C[C@@H](O)c1scc(Br)c1Br. The Morgan fingerprint density at radius 1 is 1.60 bits per heavy atom. The molecule has 1 nitrogen and oxygen atoms in total. The molecule has 0 aliphatic rings. The lowest BCUT2D eigenvalue weighted by atomic mass is 10.3. The van der Waals surface area contributed by atoms with Crippen molar-refractivity contribution in [2.24, 2.45) is 0 Å². The summed E-state index contributed by atoms with van der Waals surface area (Å²) >= 11 is 8.23. The summed E-state index contributed by atoms with van der Waals surface area (Å²) in [4.78, 5) is 0.965. The molecule has 1 heterocycles. The van der Waals surface area contributed by atoms with Gasteiger partial charge in [-0.1, -0.05) is 0 Å². The zero-order valence-corrected chi connectivity index (χ0v) is 9.25. The molecule has 0 radical (unpaired) electrons. The van der Waals surface area contributed by atoms with Crippen molar-refractivity contribution >= 4 is 43.2 Å². The van der Waals surface area contributed by atoms with Gasteiger partial charge in [-0.3, -0.25) is 0 Å². The second-order valence-corrected chi connectivity index (χ2v) is 4.50. The van der Waals surface area contributed by atoms with Crippen LogP contribution in [0.3, 0.4) is 0 Å². The van der Waals surface area contributed by atoms with Crippen molar-refractivity contribution in [2.75, 3.05) is 0 Å². The second kappa shape index (κ2) is 3.34. The predicted molar refractivity (Wildman–Crippen MR) is 50.4 cm³/mol. The average molecular weight is 286 g/mol. The lowest BCUT2D eigenvalue weighted by Crippen LogP contribution is -1.85. The Balaban J connectivity index is 3.05. The third-order valence-corrected chi connectivity index (χ3v) is 4.82. The summed E-state index contributed by atoms with van der Waals surface area (Å²) < 4.78 is 1.97. The van der Waals surface area contributed by atoms with Crippen LogP contribution in [0.5, 0.6) is 0 Å². The highest BCUT2D eigenvalue weighted by Gasteiger charge is 2.10. The molecule has 0 unspecified atom stereocenters. The number of aliphatic hydroxyl groups is 1. The maximum atomic E-state index is 9.18. The highest BCUT2D eigenvalue weighted by Crippen LogP contribution is 2.36. The van der Waals surface area contributed by atoms with E-state index in [9.17, 15) is 5.11 Å². The van der Waals surface area contributed by atoms with Gasteiger partial charge in [-0.15, -0.1) is 11.3 Å². The Morgan fingerprint density at radius 2 is 2.20 bits per heavy atom. The molecule has 0 aliphatic heterocycles. The molecule has 0 saturated heterocycles. The van der Waals surface area contributed by atoms with Crippen molar-refractivity contribution in [3.05, 3.63) is 19.2 Å². The van der Waals surface area contributed by atoms with E-state index in [-0.39, 0.29) is 6.10 Å². The summed E-state index contributed by atoms with van der Waals surface area (Å²) in [5.41, 5.74) is 0. The number of rotatable bonds is 1. The monoisotopic (exact) mass is 284 g/mol. The largest absolute Gasteiger partial charge is 0.388 e. The number of aliphatic hydroxyl groups excluding tert-OH is 1. The molecule has 0 amide bonds. The summed E-state index contributed by atoms with van der Waals surface area (Å²) in [5, 5.41) is 11.1. The summed E-state index contributed by atoms with van der Waals surface area (Å²) in [6.45, 7) is 1.75. The van der Waals surface area contributed by atoms with Gasteiger partial charge in [-0.25, -0.2) is 0 Å². The van der Waals surface area contributed by atoms with Crippen molar-refractivity contribution < 1.29 is 5.11 Å². The molecular formula is C6H6Br2OS. The van der Waals surface area contributed by atoms with Crippen LogP contribution in [-0.2, 0) is 0 Å². The zero-order chi connectivity index (χ0) is 7.72. The molecular weight excluding hydrogens is 280 g/mol. The molecule has 1 atom stereocenters. The summed E-state index contributed by atoms with van der Waals surface area (Å²) in [7, 11) is 0. The van der Waals surface area contributed by atoms with Gasteiger partial charge in [0.25, 0.3) is 0 Å². The molecule has 0 aliphatic carbocycles. The minimum atomic E-state index is -0.384. The van der Waals surface area contributed by atoms with Gasteiger partial charge < -0.3 is 5.11 Å². The zero-order valence-electron chi connectivity index (χ0n) is 5.27. The molecule has 0 fully saturated rings. The minimum Gasteiger partial charge on any atom is -0.388 e. The normalized spacial score (nSPS) is 13.6. The summed E-state index contributed by atoms with van der Waals surface area (Å²) in [6.07, 6.45) is -0.384. The lowest BCUT2D eigenvalue weighted by molar-refractivity contribution is 0.202. The Labute approximate surface area is 80.3 Å². The van der Waals surface area contributed by atoms with Crippen LogP contribution in [0.4, 0.5) is 0 Å². The van der Waals surface area contributed by atoms with E-state index in [0.717, 1.165) is 13.8 Å². The van der Waals surface area contributed by atoms with E-state index in [1.807, 2.05) is 5.38 Å². The van der Waals surface area contributed by atoms with Crippen molar-refractivity contribution in [3.8, 4) is 0 Å². The summed E-state index contributed by atoms with van der Waals surface area (Å²) in [6, 6.07) is 0. The van der Waals surface area contributed by atoms with Crippen molar-refractivity contribution in [1.29, 1.82) is 0 Å². The Bertz CT molecular complexity index is 232. The third kappa shape index (κ3) is 1.61. The van der Waals surface area contributed by atoms with Crippen molar-refractivity contribution in [2.45, 2.75) is 13.0 Å². The molecule has 10 heavy (non-hydrogen) atoms. The Kier molecular flexibility index (Phi) is 2.91. The van der Waals surface area contributed by atoms with E-state index in [2.05, 4.69) is 31.9 Å². The predicted octanol–water partition coefficient (Wildman–Crippen LogP) is 3.33. The number of halogens is 2. The minimum absolute atomic E-state index is 0.384. The topological polar surface area (TPSA) is 20.2 Å². The van der Waals surface area contributed by atoms with Crippen LogP contribution < -0.4 is 0 Å². The smallest absolute Gasteiger partial charge is 0.0865 e. The maximum absolute atomic E-state index is 9.18. The van der Waals surface area contributed by atoms with Gasteiger partial charge in [0.05, 0.1) is 6.10 Å². The van der Waals surface area contributed by atoms with Crippen LogP contribution >= 0.6 is 43.2 Å². The molecule has 0 aromatic carbocycles. The Hall–Kier alpha value is 0.620. The molecule has 0 bridgehead atoms. The molecule has 56 valence electrons. The molecule has 1 aromatic rings. The number of hydrogen-bond donors (Lipinski definition) is 1. The van der Waals surface area contributed by atoms with E-state index in [0.29, 0.717) is 0 Å². The molecule has 0 spiro atoms. The quantitative estimate of drug-likeness (QED) is 0.839. The van der Waals surface area contributed by atoms with Gasteiger partial charge in [-0.05, 0) is 38.8 Å². The van der Waals surface area contributed by atoms with Crippen LogP contribution in [0.2, 0.25) is 0 Å². The van der Waals surface area contributed by atoms with E-state index < -0.39 is 0 Å². The standard InChI is InChI=1S/C6H6Br2OS/c1-3(9)6-5(8)4(7)2-10-6/h2-3,9H,1H3/t3-/m1/s1.